The van der Waals surface area contributed by atoms with Crippen LogP contribution < -0.4 is 11.1 Å². The number of hydrogen-bond donors (Lipinski definition) is 2. The second kappa shape index (κ2) is 8.31. The third kappa shape index (κ3) is 4.63. The van der Waals surface area contributed by atoms with E-state index in [1.807, 2.05) is 12.1 Å². The van der Waals surface area contributed by atoms with E-state index in [-0.39, 0.29) is 0 Å². The summed E-state index contributed by atoms with van der Waals surface area (Å²) in [7, 11) is 6.29. The van der Waals surface area contributed by atoms with Crippen molar-refractivity contribution in [3.05, 3.63) is 42.0 Å². The molecule has 0 amide bonds. The van der Waals surface area contributed by atoms with Crippen LogP contribution in [0.15, 0.2) is 36.4 Å². The van der Waals surface area contributed by atoms with E-state index in [1.165, 1.54) is 5.56 Å². The van der Waals surface area contributed by atoms with E-state index < -0.39 is 0 Å². The zero-order chi connectivity index (χ0) is 20.4. The Morgan fingerprint density at radius 1 is 1.03 bits per heavy atom. The molecule has 3 heterocycles. The van der Waals surface area contributed by atoms with Crippen molar-refractivity contribution in [3.63, 3.8) is 0 Å². The molecule has 7 nitrogen and oxygen atoms in total. The Bertz CT molecular complexity index is 976. The number of nitrogens with two attached hydrogens (primary N) is 1. The Hall–Kier alpha value is -2.77. The summed E-state index contributed by atoms with van der Waals surface area (Å²) in [5, 5.41) is 4.23. The molecule has 0 aliphatic carbocycles. The number of nitrogens with one attached hydrogen (secondary N) is 1. The van der Waals surface area contributed by atoms with Gasteiger partial charge in [-0.1, -0.05) is 24.3 Å². The molecular formula is C22H29N7. The second-order valence-electron chi connectivity index (χ2n) is 8.16. The van der Waals surface area contributed by atoms with Gasteiger partial charge in [0.25, 0.3) is 0 Å². The number of anilines is 2. The van der Waals surface area contributed by atoms with Gasteiger partial charge in [-0.3, -0.25) is 0 Å². The molecule has 1 fully saturated rings. The first kappa shape index (κ1) is 19.5. The first-order valence-electron chi connectivity index (χ1n) is 10.1. The lowest BCUT2D eigenvalue weighted by molar-refractivity contribution is 0.263. The fraction of sp³-hybridized carbons (Fsp3) is 0.409. The minimum absolute atomic E-state index is 0.371. The first-order valence-corrected chi connectivity index (χ1v) is 10.1. The molecule has 0 atom stereocenters. The zero-order valence-electron chi connectivity index (χ0n) is 17.4. The van der Waals surface area contributed by atoms with Crippen LogP contribution in [0.25, 0.3) is 22.3 Å². The maximum atomic E-state index is 6.20. The van der Waals surface area contributed by atoms with Gasteiger partial charge in [0.1, 0.15) is 5.82 Å². The van der Waals surface area contributed by atoms with E-state index in [4.69, 9.17) is 10.7 Å². The predicted molar refractivity (Wildman–Crippen MR) is 119 cm³/mol. The maximum Gasteiger partial charge on any atom is 0.226 e. The molecule has 152 valence electrons. The van der Waals surface area contributed by atoms with Gasteiger partial charge in [0.2, 0.25) is 5.95 Å². The normalized spacial score (nSPS) is 15.9. The van der Waals surface area contributed by atoms with Crippen LogP contribution in [-0.2, 0) is 6.54 Å². The monoisotopic (exact) mass is 391 g/mol. The van der Waals surface area contributed by atoms with Crippen LogP contribution in [0.4, 0.5) is 11.8 Å². The van der Waals surface area contributed by atoms with Gasteiger partial charge in [0, 0.05) is 18.2 Å². The number of hydrogen-bond acceptors (Lipinski definition) is 7. The molecule has 1 saturated heterocycles. The summed E-state index contributed by atoms with van der Waals surface area (Å²) in [4.78, 5) is 18.4. The molecule has 2 aromatic heterocycles. The largest absolute Gasteiger partial charge is 0.383 e. The van der Waals surface area contributed by atoms with E-state index in [2.05, 4.69) is 70.5 Å². The van der Waals surface area contributed by atoms with Gasteiger partial charge in [-0.25, -0.2) is 4.98 Å². The average molecular weight is 392 g/mol. The highest BCUT2D eigenvalue weighted by Crippen LogP contribution is 2.25. The fourth-order valence-electron chi connectivity index (χ4n) is 3.74. The number of piperidine rings is 1. The Morgan fingerprint density at radius 3 is 2.45 bits per heavy atom. The first-order chi connectivity index (χ1) is 14.0. The fourth-order valence-corrected chi connectivity index (χ4v) is 3.74. The lowest BCUT2D eigenvalue weighted by Gasteiger charge is -2.29. The van der Waals surface area contributed by atoms with Gasteiger partial charge in [-0.15, -0.1) is 0 Å². The van der Waals surface area contributed by atoms with E-state index in [0.29, 0.717) is 23.5 Å². The summed E-state index contributed by atoms with van der Waals surface area (Å²) in [6, 6.07) is 12.8. The molecule has 3 N–H and O–H groups in total. The number of benzene rings is 1. The second-order valence-corrected chi connectivity index (χ2v) is 8.16. The molecule has 0 radical (unpaired) electrons. The van der Waals surface area contributed by atoms with Crippen molar-refractivity contribution in [2.45, 2.75) is 25.4 Å². The highest BCUT2D eigenvalue weighted by molar-refractivity contribution is 5.88. The molecule has 0 spiro atoms. The Balaban J connectivity index is 1.59. The number of aromatic nitrogens is 3. The van der Waals surface area contributed by atoms with Gasteiger partial charge in [0.15, 0.2) is 5.65 Å². The van der Waals surface area contributed by atoms with Crippen molar-refractivity contribution in [1.29, 1.82) is 0 Å². The van der Waals surface area contributed by atoms with Crippen LogP contribution in [0, 0.1) is 0 Å². The molecule has 0 unspecified atom stereocenters. The number of pyridine rings is 1. The van der Waals surface area contributed by atoms with E-state index in [0.717, 1.165) is 49.1 Å². The van der Waals surface area contributed by atoms with Gasteiger partial charge >= 0.3 is 0 Å². The minimum atomic E-state index is 0.371. The predicted octanol–water partition coefficient (Wildman–Crippen LogP) is 2.84. The van der Waals surface area contributed by atoms with Crippen molar-refractivity contribution in [2.24, 2.45) is 0 Å². The lowest BCUT2D eigenvalue weighted by atomic mass is 10.1. The SMILES string of the molecule is CN(C)Cc1ccc(-c2ccc3c(N)nc(NC4CCN(C)CC4)nc3n2)cc1. The smallest absolute Gasteiger partial charge is 0.226 e. The lowest BCUT2D eigenvalue weighted by Crippen LogP contribution is -2.37. The summed E-state index contributed by atoms with van der Waals surface area (Å²) in [6.45, 7) is 3.07. The molecule has 3 aromatic rings. The van der Waals surface area contributed by atoms with Gasteiger partial charge < -0.3 is 20.9 Å². The maximum absolute atomic E-state index is 6.20. The van der Waals surface area contributed by atoms with Crippen LogP contribution in [0.1, 0.15) is 18.4 Å². The summed E-state index contributed by atoms with van der Waals surface area (Å²) in [6.07, 6.45) is 2.15. The van der Waals surface area contributed by atoms with E-state index in [1.54, 1.807) is 0 Å². The third-order valence-electron chi connectivity index (χ3n) is 5.39. The Kier molecular flexibility index (Phi) is 5.60. The van der Waals surface area contributed by atoms with Crippen LogP contribution in [0.2, 0.25) is 0 Å². The van der Waals surface area contributed by atoms with Crippen LogP contribution in [0.3, 0.4) is 0 Å². The molecule has 1 aliphatic heterocycles. The minimum Gasteiger partial charge on any atom is -0.383 e. The van der Waals surface area contributed by atoms with Gasteiger partial charge in [0.05, 0.1) is 11.1 Å². The third-order valence-corrected chi connectivity index (χ3v) is 5.39. The standard InChI is InChI=1S/C22H29N7/c1-28(2)14-15-4-6-16(7-5-15)19-9-8-18-20(23)26-22(27-21(18)25-19)24-17-10-12-29(3)13-11-17/h4-9,17H,10-14H2,1-3H3,(H3,23,24,25,26,27). The Labute approximate surface area is 172 Å². The number of rotatable bonds is 5. The zero-order valence-corrected chi connectivity index (χ0v) is 17.4. The quantitative estimate of drug-likeness (QED) is 0.692. The highest BCUT2D eigenvalue weighted by atomic mass is 15.2. The highest BCUT2D eigenvalue weighted by Gasteiger charge is 2.18. The summed E-state index contributed by atoms with van der Waals surface area (Å²) >= 11 is 0. The molecule has 29 heavy (non-hydrogen) atoms. The summed E-state index contributed by atoms with van der Waals surface area (Å²) in [5.74, 6) is 1.03. The topological polar surface area (TPSA) is 83.2 Å². The van der Waals surface area contributed by atoms with Crippen molar-refractivity contribution in [1.82, 2.24) is 24.8 Å². The number of nitrogen functional groups attached to an aromatic ring is 1. The molecule has 1 aromatic carbocycles. The average Bonchev–Trinajstić information content (AvgIpc) is 2.69. The molecule has 4 rings (SSSR count). The molecule has 1 aliphatic rings. The van der Waals surface area contributed by atoms with Crippen molar-refractivity contribution in [2.75, 3.05) is 45.3 Å². The molecule has 7 heteroatoms. The van der Waals surface area contributed by atoms with Crippen LogP contribution >= 0.6 is 0 Å². The molecular weight excluding hydrogens is 362 g/mol. The number of likely N-dealkylation sites (tertiary alicyclic amines) is 1. The van der Waals surface area contributed by atoms with Crippen LogP contribution in [0.5, 0.6) is 0 Å². The van der Waals surface area contributed by atoms with Crippen molar-refractivity contribution >= 4 is 22.8 Å². The number of nitrogens with zero attached hydrogens (tertiary/aromatic N) is 5. The van der Waals surface area contributed by atoms with Gasteiger partial charge in [-0.2, -0.15) is 9.97 Å². The molecule has 0 saturated carbocycles. The Morgan fingerprint density at radius 2 is 1.76 bits per heavy atom. The molecule has 0 bridgehead atoms. The van der Waals surface area contributed by atoms with E-state index in [9.17, 15) is 0 Å². The van der Waals surface area contributed by atoms with Crippen LogP contribution in [-0.4, -0.2) is 65.0 Å². The number of fused-ring (bicyclic) bond motifs is 1. The van der Waals surface area contributed by atoms with E-state index >= 15 is 0 Å². The summed E-state index contributed by atoms with van der Waals surface area (Å²) in [5.41, 5.74) is 10.0. The van der Waals surface area contributed by atoms with Crippen molar-refractivity contribution < 1.29 is 0 Å². The summed E-state index contributed by atoms with van der Waals surface area (Å²) < 4.78 is 0. The van der Waals surface area contributed by atoms with Crippen molar-refractivity contribution in [3.8, 4) is 11.3 Å². The van der Waals surface area contributed by atoms with Gasteiger partial charge in [-0.05, 0) is 64.8 Å².